The molecule has 1 aliphatic rings. The molecule has 0 radical (unpaired) electrons. The topological polar surface area (TPSA) is 78.8 Å². The van der Waals surface area contributed by atoms with E-state index >= 15 is 0 Å². The first kappa shape index (κ1) is 16.0. The van der Waals surface area contributed by atoms with E-state index in [1.54, 1.807) is 7.05 Å². The van der Waals surface area contributed by atoms with Gasteiger partial charge < -0.3 is 14.7 Å². The van der Waals surface area contributed by atoms with Gasteiger partial charge >= 0.3 is 6.03 Å². The molecule has 7 nitrogen and oxygen atoms in total. The molecule has 2 atom stereocenters. The van der Waals surface area contributed by atoms with Crippen LogP contribution < -0.4 is 9.64 Å². The van der Waals surface area contributed by atoms with Crippen molar-refractivity contribution >= 4 is 34.1 Å². The summed E-state index contributed by atoms with van der Waals surface area (Å²) in [4.78, 5) is 14.7. The molecule has 1 fully saturated rings. The minimum absolute atomic E-state index is 0.194. The van der Waals surface area contributed by atoms with Gasteiger partial charge in [0, 0.05) is 7.05 Å². The van der Waals surface area contributed by atoms with Gasteiger partial charge in [0.2, 0.25) is 5.13 Å². The van der Waals surface area contributed by atoms with Crippen molar-refractivity contribution in [3.05, 3.63) is 35.3 Å². The van der Waals surface area contributed by atoms with Gasteiger partial charge in [-0.1, -0.05) is 29.5 Å². The van der Waals surface area contributed by atoms with Crippen molar-refractivity contribution in [1.29, 1.82) is 0 Å². The monoisotopic (exact) mass is 354 g/mol. The van der Waals surface area contributed by atoms with Crippen LogP contribution in [0.5, 0.6) is 5.75 Å². The molecule has 1 saturated heterocycles. The van der Waals surface area contributed by atoms with Crippen molar-refractivity contribution in [1.82, 2.24) is 15.1 Å². The number of aliphatic hydroxyl groups excluding tert-OH is 1. The van der Waals surface area contributed by atoms with Crippen LogP contribution >= 0.6 is 22.9 Å². The quantitative estimate of drug-likeness (QED) is 0.832. The predicted molar refractivity (Wildman–Crippen MR) is 87.0 cm³/mol. The Kier molecular flexibility index (Phi) is 4.65. The Labute approximate surface area is 142 Å². The van der Waals surface area contributed by atoms with Gasteiger partial charge in [0.25, 0.3) is 0 Å². The maximum Gasteiger partial charge on any atom is 0.328 e. The Balaban J connectivity index is 1.79. The van der Waals surface area contributed by atoms with E-state index in [9.17, 15) is 9.90 Å². The van der Waals surface area contributed by atoms with Crippen molar-refractivity contribution < 1.29 is 14.6 Å². The van der Waals surface area contributed by atoms with Crippen molar-refractivity contribution in [2.75, 3.05) is 24.4 Å². The number of para-hydroxylation sites is 1. The Morgan fingerprint density at radius 3 is 2.78 bits per heavy atom. The summed E-state index contributed by atoms with van der Waals surface area (Å²) in [7, 11) is 1.62. The van der Waals surface area contributed by atoms with Crippen molar-refractivity contribution in [3.8, 4) is 5.75 Å². The van der Waals surface area contributed by atoms with Crippen molar-refractivity contribution in [2.24, 2.45) is 0 Å². The number of rotatable bonds is 5. The fraction of sp³-hybridized carbons (Fsp3) is 0.357. The van der Waals surface area contributed by atoms with Gasteiger partial charge in [0.1, 0.15) is 5.75 Å². The summed E-state index contributed by atoms with van der Waals surface area (Å²) < 4.78 is 5.80. The average molecular weight is 355 g/mol. The SMILES string of the molecule is CN1CC(O)N(c2nnc(C(CCl)Oc3ccccc3)s2)C1=O. The highest BCUT2D eigenvalue weighted by Crippen LogP contribution is 2.31. The number of hydrogen-bond donors (Lipinski definition) is 1. The third-order valence-electron chi connectivity index (χ3n) is 3.34. The number of alkyl halides is 1. The van der Waals surface area contributed by atoms with Crippen LogP contribution in [0.1, 0.15) is 11.1 Å². The molecular formula is C14H15ClN4O3S. The number of anilines is 1. The van der Waals surface area contributed by atoms with Gasteiger partial charge in [-0.25, -0.2) is 9.69 Å². The summed E-state index contributed by atoms with van der Waals surface area (Å²) in [5.74, 6) is 0.867. The Morgan fingerprint density at radius 1 is 1.43 bits per heavy atom. The lowest BCUT2D eigenvalue weighted by Gasteiger charge is -2.15. The molecule has 0 saturated carbocycles. The molecule has 2 unspecified atom stereocenters. The second-order valence-corrected chi connectivity index (χ2v) is 6.31. The minimum Gasteiger partial charge on any atom is -0.482 e. The van der Waals surface area contributed by atoms with Crippen molar-refractivity contribution in [3.63, 3.8) is 0 Å². The van der Waals surface area contributed by atoms with Gasteiger partial charge in [-0.05, 0) is 12.1 Å². The number of carbonyl (C=O) groups excluding carboxylic acids is 1. The molecule has 122 valence electrons. The molecular weight excluding hydrogens is 340 g/mol. The van der Waals surface area contributed by atoms with Gasteiger partial charge in [0.05, 0.1) is 12.4 Å². The molecule has 0 bridgehead atoms. The third kappa shape index (κ3) is 3.24. The number of aromatic nitrogens is 2. The summed E-state index contributed by atoms with van der Waals surface area (Å²) in [6, 6.07) is 8.95. The maximum absolute atomic E-state index is 12.0. The first-order valence-electron chi connectivity index (χ1n) is 6.93. The second kappa shape index (κ2) is 6.69. The molecule has 0 aliphatic carbocycles. The van der Waals surface area contributed by atoms with E-state index < -0.39 is 12.3 Å². The molecule has 3 rings (SSSR count). The second-order valence-electron chi connectivity index (χ2n) is 5.01. The van der Waals surface area contributed by atoms with Crippen LogP contribution in [-0.4, -0.2) is 51.9 Å². The zero-order valence-corrected chi connectivity index (χ0v) is 13.9. The predicted octanol–water partition coefficient (Wildman–Crippen LogP) is 2.09. The molecule has 2 aromatic rings. The molecule has 2 heterocycles. The number of likely N-dealkylation sites (N-methyl/N-ethyl adjacent to an activating group) is 1. The fourth-order valence-corrected chi connectivity index (χ4v) is 3.40. The third-order valence-corrected chi connectivity index (χ3v) is 4.64. The van der Waals surface area contributed by atoms with Crippen molar-refractivity contribution in [2.45, 2.75) is 12.3 Å². The lowest BCUT2D eigenvalue weighted by molar-refractivity contribution is 0.183. The zero-order valence-electron chi connectivity index (χ0n) is 12.3. The number of urea groups is 1. The van der Waals surface area contributed by atoms with Gasteiger partial charge in [0.15, 0.2) is 17.3 Å². The number of aliphatic hydroxyl groups is 1. The molecule has 2 amide bonds. The normalized spacial score (nSPS) is 19.3. The summed E-state index contributed by atoms with van der Waals surface area (Å²) in [6.07, 6.45) is -1.41. The number of nitrogens with zero attached hydrogens (tertiary/aromatic N) is 4. The van der Waals surface area contributed by atoms with Crippen LogP contribution in [0, 0.1) is 0 Å². The molecule has 0 spiro atoms. The molecule has 1 aromatic carbocycles. The van der Waals surface area contributed by atoms with Crippen LogP contribution in [0.15, 0.2) is 30.3 Å². The van der Waals surface area contributed by atoms with Crippen LogP contribution in [0.2, 0.25) is 0 Å². The number of benzene rings is 1. The average Bonchev–Trinajstić information content (AvgIpc) is 3.11. The highest BCUT2D eigenvalue weighted by atomic mass is 35.5. The van der Waals surface area contributed by atoms with E-state index in [1.165, 1.54) is 21.1 Å². The molecule has 9 heteroatoms. The fourth-order valence-electron chi connectivity index (χ4n) is 2.19. The van der Waals surface area contributed by atoms with Crippen LogP contribution in [-0.2, 0) is 0 Å². The summed E-state index contributed by atoms with van der Waals surface area (Å²) in [5.41, 5.74) is 0. The maximum atomic E-state index is 12.0. The smallest absolute Gasteiger partial charge is 0.328 e. The number of β-amino-alcohol motifs (C(OH)–C–C–N with tert-alkyl or cyclic N) is 1. The van der Waals surface area contributed by atoms with Gasteiger partial charge in [-0.15, -0.1) is 21.8 Å². The first-order chi connectivity index (χ1) is 11.1. The zero-order chi connectivity index (χ0) is 16.4. The highest BCUT2D eigenvalue weighted by Gasteiger charge is 2.37. The summed E-state index contributed by atoms with van der Waals surface area (Å²) >= 11 is 7.16. The Bertz CT molecular complexity index is 684. The lowest BCUT2D eigenvalue weighted by atomic mass is 10.3. The summed E-state index contributed by atoms with van der Waals surface area (Å²) in [6.45, 7) is 0.229. The standard InChI is InChI=1S/C14H15ClN4O3S/c1-18-8-11(20)19(14(18)21)13-17-16-12(23-13)10(7-15)22-9-5-3-2-4-6-9/h2-6,10-11,20H,7-8H2,1H3. The van der Waals surface area contributed by atoms with E-state index in [0.29, 0.717) is 15.9 Å². The number of halogens is 1. The van der Waals surface area contributed by atoms with E-state index in [2.05, 4.69) is 10.2 Å². The van der Waals surface area contributed by atoms with Gasteiger partial charge in [-0.2, -0.15) is 0 Å². The lowest BCUT2D eigenvalue weighted by Crippen LogP contribution is -2.34. The molecule has 1 N–H and O–H groups in total. The number of hydrogen-bond acceptors (Lipinski definition) is 6. The summed E-state index contributed by atoms with van der Waals surface area (Å²) in [5, 5.41) is 18.9. The van der Waals surface area contributed by atoms with Gasteiger partial charge in [-0.3, -0.25) is 0 Å². The molecule has 23 heavy (non-hydrogen) atoms. The largest absolute Gasteiger partial charge is 0.482 e. The van der Waals surface area contributed by atoms with Crippen LogP contribution in [0.4, 0.5) is 9.93 Å². The molecule has 1 aliphatic heterocycles. The molecule has 1 aromatic heterocycles. The highest BCUT2D eigenvalue weighted by molar-refractivity contribution is 7.15. The van der Waals surface area contributed by atoms with E-state index in [0.717, 1.165) is 0 Å². The number of amides is 2. The van der Waals surface area contributed by atoms with Crippen LogP contribution in [0.25, 0.3) is 0 Å². The van der Waals surface area contributed by atoms with E-state index in [4.69, 9.17) is 16.3 Å². The van der Waals surface area contributed by atoms with E-state index in [1.807, 2.05) is 30.3 Å². The Morgan fingerprint density at radius 2 is 2.17 bits per heavy atom. The van der Waals surface area contributed by atoms with Crippen LogP contribution in [0.3, 0.4) is 0 Å². The van der Waals surface area contributed by atoms with E-state index in [-0.39, 0.29) is 18.5 Å². The Hall–Kier alpha value is -1.90. The number of carbonyl (C=O) groups is 1. The first-order valence-corrected chi connectivity index (χ1v) is 8.28. The number of ether oxygens (including phenoxy) is 1. The minimum atomic E-state index is -0.933.